The number of piperidine rings is 1. The number of hydrogen-bond acceptors (Lipinski definition) is 3. The summed E-state index contributed by atoms with van der Waals surface area (Å²) in [6, 6.07) is 0. The standard InChI is InChI=1S/C7H15BNO2.Y/c1-8(11)9-4-2-7(6-10)3-5-9;/h10-11H,2-6H2,1H3;/q-1;. The largest absolute Gasteiger partial charge is 0.437 e. The predicted octanol–water partition coefficient (Wildman–Crippen LogP) is -0.243. The van der Waals surface area contributed by atoms with E-state index in [1.807, 2.05) is 4.81 Å². The molecule has 0 aromatic carbocycles. The van der Waals surface area contributed by atoms with Crippen molar-refractivity contribution < 1.29 is 42.8 Å². The van der Waals surface area contributed by atoms with E-state index in [1.54, 1.807) is 6.82 Å². The van der Waals surface area contributed by atoms with Crippen LogP contribution in [0.25, 0.3) is 0 Å². The van der Waals surface area contributed by atoms with Crippen molar-refractivity contribution >= 4 is 7.05 Å². The first kappa shape index (κ1) is 13.0. The maximum absolute atomic E-state index is 9.19. The third kappa shape index (κ3) is 3.84. The van der Waals surface area contributed by atoms with E-state index >= 15 is 0 Å². The fraction of sp³-hybridized carbons (Fsp3) is 0.857. The smallest absolute Gasteiger partial charge is 0.376 e. The van der Waals surface area contributed by atoms with E-state index in [1.165, 1.54) is 5.92 Å². The Kier molecular flexibility index (Phi) is 7.06. The Hall–Kier alpha value is 1.05. The second-order valence-corrected chi connectivity index (χ2v) is 3.08. The van der Waals surface area contributed by atoms with Crippen LogP contribution in [0.2, 0.25) is 6.82 Å². The Balaban J connectivity index is 0.00000121. The molecule has 1 aliphatic heterocycles. The fourth-order valence-electron chi connectivity index (χ4n) is 1.37. The molecule has 0 bridgehead atoms. The first-order valence-corrected chi connectivity index (χ1v) is 4.10. The minimum absolute atomic E-state index is 0. The molecule has 0 spiro atoms. The van der Waals surface area contributed by atoms with Crippen molar-refractivity contribution in [1.82, 2.24) is 4.81 Å². The molecule has 1 rings (SSSR count). The Morgan fingerprint density at radius 1 is 1.42 bits per heavy atom. The summed E-state index contributed by atoms with van der Waals surface area (Å²) in [7, 11) is -0.338. The van der Waals surface area contributed by atoms with Crippen LogP contribution < -0.4 is 0 Å². The number of rotatable bonds is 2. The van der Waals surface area contributed by atoms with Gasteiger partial charge in [-0.05, 0) is 19.9 Å². The zero-order chi connectivity index (χ0) is 8.27. The molecule has 0 aromatic rings. The third-order valence-corrected chi connectivity index (χ3v) is 2.26. The van der Waals surface area contributed by atoms with Crippen molar-refractivity contribution in [3.05, 3.63) is 5.92 Å². The van der Waals surface area contributed by atoms with E-state index in [0.29, 0.717) is 0 Å². The molecule has 0 saturated carbocycles. The third-order valence-electron chi connectivity index (χ3n) is 2.26. The van der Waals surface area contributed by atoms with Crippen LogP contribution in [0.1, 0.15) is 12.8 Å². The van der Waals surface area contributed by atoms with Crippen LogP contribution in [0.5, 0.6) is 0 Å². The molecule has 0 amide bonds. The van der Waals surface area contributed by atoms with Gasteiger partial charge in [0, 0.05) is 32.7 Å². The molecular weight excluding hydrogens is 230 g/mol. The number of nitrogens with zero attached hydrogens (tertiary/aromatic N) is 1. The van der Waals surface area contributed by atoms with E-state index in [9.17, 15) is 5.02 Å². The van der Waals surface area contributed by atoms with Gasteiger partial charge in [0.15, 0.2) is 0 Å². The van der Waals surface area contributed by atoms with Gasteiger partial charge in [0.2, 0.25) is 0 Å². The summed E-state index contributed by atoms with van der Waals surface area (Å²) in [6.07, 6.45) is 1.86. The maximum Gasteiger partial charge on any atom is 0.376 e. The summed E-state index contributed by atoms with van der Waals surface area (Å²) >= 11 is 0. The Bertz CT molecular complexity index is 118. The molecule has 3 nitrogen and oxygen atoms in total. The summed E-state index contributed by atoms with van der Waals surface area (Å²) in [5.41, 5.74) is 0. The minimum atomic E-state index is -0.338. The summed E-state index contributed by atoms with van der Waals surface area (Å²) in [6.45, 7) is 3.76. The Morgan fingerprint density at radius 3 is 2.25 bits per heavy atom. The van der Waals surface area contributed by atoms with E-state index in [4.69, 9.17) is 5.11 Å². The summed E-state index contributed by atoms with van der Waals surface area (Å²) in [4.78, 5) is 2.01. The van der Waals surface area contributed by atoms with Gasteiger partial charge in [0.05, 0.1) is 0 Å². The summed E-state index contributed by atoms with van der Waals surface area (Å²) in [5.74, 6) is 1.21. The molecule has 1 aliphatic rings. The quantitative estimate of drug-likeness (QED) is 0.521. The van der Waals surface area contributed by atoms with Gasteiger partial charge < -0.3 is 14.9 Å². The monoisotopic (exact) mass is 245 g/mol. The fourth-order valence-corrected chi connectivity index (χ4v) is 1.37. The first-order chi connectivity index (χ1) is 5.24. The Morgan fingerprint density at radius 2 is 1.92 bits per heavy atom. The van der Waals surface area contributed by atoms with Crippen LogP contribution >= 0.6 is 0 Å². The topological polar surface area (TPSA) is 43.7 Å². The molecule has 5 heteroatoms. The van der Waals surface area contributed by atoms with Gasteiger partial charge in [0.1, 0.15) is 0 Å². The predicted molar refractivity (Wildman–Crippen MR) is 45.0 cm³/mol. The molecule has 1 fully saturated rings. The van der Waals surface area contributed by atoms with Crippen molar-refractivity contribution in [2.24, 2.45) is 0 Å². The molecule has 0 aromatic heterocycles. The van der Waals surface area contributed by atoms with Crippen LogP contribution in [-0.4, -0.2) is 41.7 Å². The van der Waals surface area contributed by atoms with Crippen LogP contribution in [-0.2, 0) is 32.7 Å². The molecular formula is C7H15BNO2Y-. The molecule has 1 heterocycles. The zero-order valence-corrected chi connectivity index (χ0v) is 10.4. The van der Waals surface area contributed by atoms with Gasteiger partial charge in [0.25, 0.3) is 0 Å². The van der Waals surface area contributed by atoms with Crippen molar-refractivity contribution in [2.45, 2.75) is 19.7 Å². The molecule has 0 atom stereocenters. The van der Waals surface area contributed by atoms with E-state index in [2.05, 4.69) is 0 Å². The van der Waals surface area contributed by atoms with E-state index in [-0.39, 0.29) is 46.4 Å². The molecule has 67 valence electrons. The van der Waals surface area contributed by atoms with Crippen molar-refractivity contribution in [3.63, 3.8) is 0 Å². The van der Waals surface area contributed by atoms with Crippen LogP contribution in [0.3, 0.4) is 0 Å². The minimum Gasteiger partial charge on any atom is -0.437 e. The second-order valence-electron chi connectivity index (χ2n) is 3.08. The van der Waals surface area contributed by atoms with Gasteiger partial charge in [-0.2, -0.15) is 12.8 Å². The van der Waals surface area contributed by atoms with Gasteiger partial charge in [-0.15, -0.1) is 0 Å². The van der Waals surface area contributed by atoms with Crippen molar-refractivity contribution in [3.8, 4) is 0 Å². The average molecular weight is 245 g/mol. The van der Waals surface area contributed by atoms with Gasteiger partial charge in [-0.1, -0.05) is 6.61 Å². The van der Waals surface area contributed by atoms with Crippen LogP contribution in [0, 0.1) is 5.92 Å². The van der Waals surface area contributed by atoms with Crippen molar-refractivity contribution in [2.75, 3.05) is 19.7 Å². The molecule has 2 N–H and O–H groups in total. The normalized spacial score (nSPS) is 20.2. The number of hydrogen-bond donors (Lipinski definition) is 2. The molecule has 1 radical (unpaired) electrons. The average Bonchev–Trinajstić information content (AvgIpc) is 2.05. The molecule has 0 unspecified atom stereocenters. The molecule has 1 saturated heterocycles. The summed E-state index contributed by atoms with van der Waals surface area (Å²) < 4.78 is 0. The number of aliphatic hydroxyl groups is 1. The van der Waals surface area contributed by atoms with Gasteiger partial charge in [-0.3, -0.25) is 5.92 Å². The van der Waals surface area contributed by atoms with Crippen molar-refractivity contribution in [1.29, 1.82) is 0 Å². The number of aliphatic hydroxyl groups excluding tert-OH is 1. The van der Waals surface area contributed by atoms with Gasteiger partial charge >= 0.3 is 7.05 Å². The Labute approximate surface area is 99.5 Å². The zero-order valence-electron chi connectivity index (χ0n) is 7.53. The molecule has 12 heavy (non-hydrogen) atoms. The van der Waals surface area contributed by atoms with Crippen LogP contribution in [0.4, 0.5) is 0 Å². The SMILES string of the molecule is CB(O)N1CC[C-](CO)CC1.[Y]. The van der Waals surface area contributed by atoms with E-state index in [0.717, 1.165) is 25.9 Å². The maximum atomic E-state index is 9.19. The second kappa shape index (κ2) is 6.49. The van der Waals surface area contributed by atoms with Gasteiger partial charge in [-0.25, -0.2) is 0 Å². The van der Waals surface area contributed by atoms with Crippen LogP contribution in [0.15, 0.2) is 0 Å². The van der Waals surface area contributed by atoms with E-state index < -0.39 is 0 Å². The first-order valence-electron chi connectivity index (χ1n) is 4.10. The molecule has 0 aliphatic carbocycles. The summed E-state index contributed by atoms with van der Waals surface area (Å²) in [5, 5.41) is 18.0.